The van der Waals surface area contributed by atoms with E-state index < -0.39 is 11.6 Å². The zero-order chi connectivity index (χ0) is 19.8. The molecule has 1 aromatic carbocycles. The number of benzene rings is 1. The first-order valence-electron chi connectivity index (χ1n) is 8.66. The molecule has 0 bridgehead atoms. The molecule has 0 unspecified atom stereocenters. The van der Waals surface area contributed by atoms with Gasteiger partial charge in [0, 0.05) is 36.6 Å². The molecule has 6 nitrogen and oxygen atoms in total. The average Bonchev–Trinajstić information content (AvgIpc) is 3.29. The summed E-state index contributed by atoms with van der Waals surface area (Å²) in [6.45, 7) is 3.64. The number of hydrogen-bond acceptors (Lipinski definition) is 4. The molecule has 3 heterocycles. The molecule has 0 amide bonds. The predicted molar refractivity (Wildman–Crippen MR) is 103 cm³/mol. The van der Waals surface area contributed by atoms with E-state index in [1.54, 1.807) is 24.0 Å². The Morgan fingerprint density at radius 3 is 2.57 bits per heavy atom. The van der Waals surface area contributed by atoms with Gasteiger partial charge >= 0.3 is 0 Å². The molecular formula is C20H18F2N6. The molecule has 0 saturated heterocycles. The minimum atomic E-state index is -0.883. The first-order valence-corrected chi connectivity index (χ1v) is 8.66. The number of nitrogens with one attached hydrogen (secondary N) is 1. The highest BCUT2D eigenvalue weighted by atomic mass is 19.2. The number of anilines is 2. The SMILES string of the molecule is Cc1cc(F)c(F)cc1-c1cccn1-c1nc(Nc2ccnn2C)ncc1C. The van der Waals surface area contributed by atoms with Crippen molar-refractivity contribution in [2.75, 3.05) is 5.32 Å². The summed E-state index contributed by atoms with van der Waals surface area (Å²) < 4.78 is 30.9. The Hall–Kier alpha value is -3.55. The second-order valence-electron chi connectivity index (χ2n) is 6.51. The zero-order valence-electron chi connectivity index (χ0n) is 15.6. The van der Waals surface area contributed by atoms with Gasteiger partial charge in [-0.2, -0.15) is 10.1 Å². The summed E-state index contributed by atoms with van der Waals surface area (Å²) in [6, 6.07) is 7.90. The maximum atomic E-state index is 13.9. The maximum absolute atomic E-state index is 13.9. The summed E-state index contributed by atoms with van der Waals surface area (Å²) in [4.78, 5) is 8.94. The van der Waals surface area contributed by atoms with Gasteiger partial charge in [-0.15, -0.1) is 0 Å². The van der Waals surface area contributed by atoms with Gasteiger partial charge in [-0.25, -0.2) is 13.8 Å². The third kappa shape index (κ3) is 3.13. The molecule has 0 aliphatic heterocycles. The van der Waals surface area contributed by atoms with Crippen LogP contribution in [-0.4, -0.2) is 24.3 Å². The van der Waals surface area contributed by atoms with E-state index in [1.807, 2.05) is 42.9 Å². The Morgan fingerprint density at radius 1 is 1.04 bits per heavy atom. The van der Waals surface area contributed by atoms with Crippen molar-refractivity contribution >= 4 is 11.8 Å². The lowest BCUT2D eigenvalue weighted by Gasteiger charge is -2.14. The Kier molecular flexibility index (Phi) is 4.38. The van der Waals surface area contributed by atoms with Gasteiger partial charge in [0.05, 0.1) is 11.9 Å². The van der Waals surface area contributed by atoms with Gasteiger partial charge in [-0.1, -0.05) is 0 Å². The summed E-state index contributed by atoms with van der Waals surface area (Å²) in [5.41, 5.74) is 2.79. The Labute approximate surface area is 160 Å². The van der Waals surface area contributed by atoms with Crippen molar-refractivity contribution in [1.29, 1.82) is 0 Å². The molecule has 0 aliphatic rings. The Bertz CT molecular complexity index is 1160. The van der Waals surface area contributed by atoms with E-state index in [1.165, 1.54) is 12.1 Å². The molecule has 4 rings (SSSR count). The summed E-state index contributed by atoms with van der Waals surface area (Å²) in [6.07, 6.45) is 5.22. The van der Waals surface area contributed by atoms with Crippen LogP contribution in [0.25, 0.3) is 17.1 Å². The zero-order valence-corrected chi connectivity index (χ0v) is 15.6. The van der Waals surface area contributed by atoms with Crippen LogP contribution in [0.5, 0.6) is 0 Å². The first-order chi connectivity index (χ1) is 13.4. The van der Waals surface area contributed by atoms with Crippen LogP contribution >= 0.6 is 0 Å². The van der Waals surface area contributed by atoms with Gasteiger partial charge in [0.25, 0.3) is 0 Å². The molecule has 0 fully saturated rings. The normalized spacial score (nSPS) is 11.0. The highest BCUT2D eigenvalue weighted by molar-refractivity contribution is 5.67. The lowest BCUT2D eigenvalue weighted by molar-refractivity contribution is 0.508. The third-order valence-electron chi connectivity index (χ3n) is 4.53. The van der Waals surface area contributed by atoms with Crippen molar-refractivity contribution in [3.8, 4) is 17.1 Å². The molecule has 0 radical (unpaired) electrons. The van der Waals surface area contributed by atoms with Gasteiger partial charge in [0.15, 0.2) is 11.6 Å². The lowest BCUT2D eigenvalue weighted by Crippen LogP contribution is -2.08. The summed E-state index contributed by atoms with van der Waals surface area (Å²) >= 11 is 0. The highest BCUT2D eigenvalue weighted by Crippen LogP contribution is 2.29. The molecule has 142 valence electrons. The minimum Gasteiger partial charge on any atom is -0.309 e. The molecule has 1 N–H and O–H groups in total. The number of rotatable bonds is 4. The van der Waals surface area contributed by atoms with Crippen molar-refractivity contribution < 1.29 is 8.78 Å². The van der Waals surface area contributed by atoms with Crippen LogP contribution in [0.15, 0.2) is 48.9 Å². The molecule has 0 saturated carbocycles. The average molecular weight is 380 g/mol. The van der Waals surface area contributed by atoms with Gasteiger partial charge in [0.1, 0.15) is 11.6 Å². The van der Waals surface area contributed by atoms with E-state index in [4.69, 9.17) is 0 Å². The fourth-order valence-corrected chi connectivity index (χ4v) is 3.06. The Morgan fingerprint density at radius 2 is 1.82 bits per heavy atom. The second kappa shape index (κ2) is 6.88. The standard InChI is InChI=1S/C20H18F2N6/c1-12-9-15(21)16(22)10-14(12)17-5-4-8-28(17)19-13(2)11-23-20(26-19)25-18-6-7-24-27(18)3/h4-11H,1-3H3,(H,23,25,26). The molecule has 4 aromatic rings. The molecule has 0 atom stereocenters. The third-order valence-corrected chi connectivity index (χ3v) is 4.53. The predicted octanol–water partition coefficient (Wildman–Crippen LogP) is 4.31. The first kappa shape index (κ1) is 17.8. The highest BCUT2D eigenvalue weighted by Gasteiger charge is 2.15. The second-order valence-corrected chi connectivity index (χ2v) is 6.51. The van der Waals surface area contributed by atoms with Crippen molar-refractivity contribution in [3.05, 3.63) is 71.7 Å². The van der Waals surface area contributed by atoms with Crippen molar-refractivity contribution in [2.45, 2.75) is 13.8 Å². The van der Waals surface area contributed by atoms with Crippen LogP contribution in [0, 0.1) is 25.5 Å². The van der Waals surface area contributed by atoms with Crippen LogP contribution < -0.4 is 5.32 Å². The van der Waals surface area contributed by atoms with Gasteiger partial charge in [-0.3, -0.25) is 4.68 Å². The van der Waals surface area contributed by atoms with Crippen LogP contribution in [-0.2, 0) is 7.05 Å². The molecule has 3 aromatic heterocycles. The minimum absolute atomic E-state index is 0.408. The van der Waals surface area contributed by atoms with E-state index in [2.05, 4.69) is 20.4 Å². The van der Waals surface area contributed by atoms with Crippen LogP contribution in [0.2, 0.25) is 0 Å². The van der Waals surface area contributed by atoms with Crippen molar-refractivity contribution in [2.24, 2.45) is 7.05 Å². The van der Waals surface area contributed by atoms with Gasteiger partial charge < -0.3 is 9.88 Å². The van der Waals surface area contributed by atoms with Crippen LogP contribution in [0.3, 0.4) is 0 Å². The number of aromatic nitrogens is 5. The molecular weight excluding hydrogens is 362 g/mol. The number of halogens is 2. The molecule has 0 spiro atoms. The lowest BCUT2D eigenvalue weighted by atomic mass is 10.1. The van der Waals surface area contributed by atoms with E-state index >= 15 is 0 Å². The summed E-state index contributed by atoms with van der Waals surface area (Å²) in [7, 11) is 1.81. The quantitative estimate of drug-likeness (QED) is 0.573. The van der Waals surface area contributed by atoms with E-state index in [9.17, 15) is 8.78 Å². The molecule has 0 aliphatic carbocycles. The van der Waals surface area contributed by atoms with Gasteiger partial charge in [0.2, 0.25) is 5.95 Å². The molecule has 28 heavy (non-hydrogen) atoms. The number of nitrogens with zero attached hydrogens (tertiary/aromatic N) is 5. The number of hydrogen-bond donors (Lipinski definition) is 1. The van der Waals surface area contributed by atoms with Crippen LogP contribution in [0.1, 0.15) is 11.1 Å². The fourth-order valence-electron chi connectivity index (χ4n) is 3.06. The molecule has 8 heteroatoms. The summed E-state index contributed by atoms with van der Waals surface area (Å²) in [5, 5.41) is 7.23. The Balaban J connectivity index is 1.79. The van der Waals surface area contributed by atoms with E-state index in [0.717, 1.165) is 11.4 Å². The summed E-state index contributed by atoms with van der Waals surface area (Å²) in [5.74, 6) is 0.0557. The smallest absolute Gasteiger partial charge is 0.230 e. The maximum Gasteiger partial charge on any atom is 0.230 e. The van der Waals surface area contributed by atoms with Gasteiger partial charge in [-0.05, 0) is 43.7 Å². The number of aryl methyl sites for hydroxylation is 3. The topological polar surface area (TPSA) is 60.6 Å². The largest absolute Gasteiger partial charge is 0.309 e. The van der Waals surface area contributed by atoms with E-state index in [0.29, 0.717) is 28.6 Å². The van der Waals surface area contributed by atoms with Crippen molar-refractivity contribution in [1.82, 2.24) is 24.3 Å². The van der Waals surface area contributed by atoms with Crippen molar-refractivity contribution in [3.63, 3.8) is 0 Å². The van der Waals surface area contributed by atoms with E-state index in [-0.39, 0.29) is 0 Å². The van der Waals surface area contributed by atoms with Crippen LogP contribution in [0.4, 0.5) is 20.5 Å². The monoisotopic (exact) mass is 380 g/mol. The fraction of sp³-hybridized carbons (Fsp3) is 0.150.